The first kappa shape index (κ1) is 21.0. The van der Waals surface area contributed by atoms with E-state index in [-0.39, 0.29) is 35.1 Å². The van der Waals surface area contributed by atoms with Gasteiger partial charge in [0.1, 0.15) is 17.8 Å². The quantitative estimate of drug-likeness (QED) is 0.564. The Kier molecular flexibility index (Phi) is 4.30. The van der Waals surface area contributed by atoms with Crippen molar-refractivity contribution in [1.82, 2.24) is 0 Å². The van der Waals surface area contributed by atoms with E-state index in [0.717, 1.165) is 25.7 Å². The third-order valence-electron chi connectivity index (χ3n) is 9.30. The SMILES string of the molecule is CC1(C)OC[C@H]([C@@]2(C)CC[C@@H]3[C@@]4(C)CCCC(C)(C)[C@H]4[C@@H]4OC(=O)O[C@@H]4[C@@]3(C)O2)O1. The van der Waals surface area contributed by atoms with Gasteiger partial charge in [0, 0.05) is 5.92 Å². The summed E-state index contributed by atoms with van der Waals surface area (Å²) in [6.07, 6.45) is 4.08. The van der Waals surface area contributed by atoms with E-state index in [2.05, 4.69) is 34.6 Å². The van der Waals surface area contributed by atoms with Crippen LogP contribution in [0, 0.1) is 22.7 Å². The highest BCUT2D eigenvalue weighted by molar-refractivity contribution is 5.63. The third kappa shape index (κ3) is 2.75. The van der Waals surface area contributed by atoms with Gasteiger partial charge in [0.25, 0.3) is 0 Å². The molecule has 3 heterocycles. The molecule has 0 spiro atoms. The summed E-state index contributed by atoms with van der Waals surface area (Å²) >= 11 is 0. The molecule has 2 aliphatic carbocycles. The van der Waals surface area contributed by atoms with Crippen molar-refractivity contribution in [1.29, 1.82) is 0 Å². The fourth-order valence-corrected chi connectivity index (χ4v) is 8.19. The van der Waals surface area contributed by atoms with Crippen molar-refractivity contribution in [2.75, 3.05) is 6.61 Å². The zero-order valence-electron chi connectivity index (χ0n) is 19.6. The molecule has 3 aliphatic heterocycles. The summed E-state index contributed by atoms with van der Waals surface area (Å²) in [5.74, 6) is -0.0305. The summed E-state index contributed by atoms with van der Waals surface area (Å²) in [5.41, 5.74) is -0.970. The predicted octanol–water partition coefficient (Wildman–Crippen LogP) is 4.83. The van der Waals surface area contributed by atoms with E-state index in [1.807, 2.05) is 13.8 Å². The summed E-state index contributed by atoms with van der Waals surface area (Å²) in [7, 11) is 0. The van der Waals surface area contributed by atoms with Crippen LogP contribution in [0.25, 0.3) is 0 Å². The summed E-state index contributed by atoms with van der Waals surface area (Å²) in [6.45, 7) is 15.8. The molecule has 8 atom stereocenters. The molecule has 5 fully saturated rings. The largest absolute Gasteiger partial charge is 0.509 e. The molecule has 0 amide bonds. The highest BCUT2D eigenvalue weighted by Crippen LogP contribution is 2.67. The Hall–Kier alpha value is -0.850. The highest BCUT2D eigenvalue weighted by atomic mass is 16.8. The molecule has 3 saturated heterocycles. The van der Waals surface area contributed by atoms with E-state index in [1.165, 1.54) is 6.42 Å². The monoisotopic (exact) mass is 422 g/mol. The van der Waals surface area contributed by atoms with Gasteiger partial charge in [0.2, 0.25) is 0 Å². The van der Waals surface area contributed by atoms with Crippen LogP contribution in [0.3, 0.4) is 0 Å². The van der Waals surface area contributed by atoms with Crippen molar-refractivity contribution in [3.63, 3.8) is 0 Å². The van der Waals surface area contributed by atoms with Gasteiger partial charge in [-0.15, -0.1) is 0 Å². The Morgan fingerprint density at radius 3 is 2.33 bits per heavy atom. The minimum Gasteiger partial charge on any atom is -0.427 e. The van der Waals surface area contributed by atoms with Crippen molar-refractivity contribution in [3.05, 3.63) is 0 Å². The average Bonchev–Trinajstić information content (AvgIpc) is 3.16. The highest BCUT2D eigenvalue weighted by Gasteiger charge is 2.73. The van der Waals surface area contributed by atoms with Crippen molar-refractivity contribution in [2.45, 2.75) is 116 Å². The number of fused-ring (bicyclic) bond motifs is 6. The first-order valence-electron chi connectivity index (χ1n) is 11.7. The van der Waals surface area contributed by atoms with Gasteiger partial charge in [-0.05, 0) is 70.1 Å². The number of ether oxygens (including phenoxy) is 5. The van der Waals surface area contributed by atoms with Crippen LogP contribution in [0.4, 0.5) is 4.79 Å². The molecule has 30 heavy (non-hydrogen) atoms. The van der Waals surface area contributed by atoms with Crippen molar-refractivity contribution in [3.8, 4) is 0 Å². The Bertz CT molecular complexity index is 748. The molecule has 0 aromatic rings. The maximum atomic E-state index is 12.4. The summed E-state index contributed by atoms with van der Waals surface area (Å²) in [6, 6.07) is 0. The lowest BCUT2D eigenvalue weighted by Crippen LogP contribution is -2.73. The van der Waals surface area contributed by atoms with Crippen LogP contribution >= 0.6 is 0 Å². The molecule has 5 rings (SSSR count). The second-order valence-electron chi connectivity index (χ2n) is 12.2. The number of hydrogen-bond acceptors (Lipinski definition) is 6. The van der Waals surface area contributed by atoms with Crippen LogP contribution in [-0.4, -0.2) is 48.1 Å². The van der Waals surface area contributed by atoms with Crippen LogP contribution < -0.4 is 0 Å². The second kappa shape index (κ2) is 6.14. The first-order chi connectivity index (χ1) is 13.8. The lowest BCUT2D eigenvalue weighted by atomic mass is 9.43. The summed E-state index contributed by atoms with van der Waals surface area (Å²) in [5, 5.41) is 0. The molecule has 5 aliphatic rings. The number of carbonyl (C=O) groups excluding carboxylic acids is 1. The van der Waals surface area contributed by atoms with Gasteiger partial charge < -0.3 is 23.7 Å². The molecule has 0 unspecified atom stereocenters. The minimum absolute atomic E-state index is 0.0410. The zero-order chi connectivity index (χ0) is 21.7. The lowest BCUT2D eigenvalue weighted by molar-refractivity contribution is -0.324. The van der Waals surface area contributed by atoms with Gasteiger partial charge in [-0.3, -0.25) is 0 Å². The number of rotatable bonds is 1. The fourth-order valence-electron chi connectivity index (χ4n) is 8.19. The minimum atomic E-state index is -0.613. The van der Waals surface area contributed by atoms with Crippen molar-refractivity contribution < 1.29 is 28.5 Å². The maximum absolute atomic E-state index is 12.4. The van der Waals surface area contributed by atoms with Gasteiger partial charge in [0.15, 0.2) is 11.9 Å². The van der Waals surface area contributed by atoms with Crippen LogP contribution in [0.5, 0.6) is 0 Å². The molecule has 0 bridgehead atoms. The Morgan fingerprint density at radius 2 is 1.67 bits per heavy atom. The molecule has 6 heteroatoms. The first-order valence-corrected chi connectivity index (χ1v) is 11.7. The number of carbonyl (C=O) groups is 1. The normalized spacial score (nSPS) is 53.8. The maximum Gasteiger partial charge on any atom is 0.509 e. The van der Waals surface area contributed by atoms with Gasteiger partial charge in [0.05, 0.1) is 12.2 Å². The molecular weight excluding hydrogens is 384 g/mol. The van der Waals surface area contributed by atoms with Crippen LogP contribution in [0.1, 0.15) is 80.6 Å². The van der Waals surface area contributed by atoms with Crippen LogP contribution in [-0.2, 0) is 23.7 Å². The Balaban J connectivity index is 1.54. The predicted molar refractivity (Wildman–Crippen MR) is 110 cm³/mol. The Morgan fingerprint density at radius 1 is 0.933 bits per heavy atom. The lowest BCUT2D eigenvalue weighted by Gasteiger charge is -2.67. The summed E-state index contributed by atoms with van der Waals surface area (Å²) < 4.78 is 30.9. The van der Waals surface area contributed by atoms with Gasteiger partial charge in [-0.2, -0.15) is 0 Å². The second-order valence-corrected chi connectivity index (χ2v) is 12.2. The topological polar surface area (TPSA) is 63.2 Å². The van der Waals surface area contributed by atoms with Crippen LogP contribution in [0.2, 0.25) is 0 Å². The molecule has 6 nitrogen and oxygen atoms in total. The average molecular weight is 423 g/mol. The molecule has 170 valence electrons. The standard InChI is InChI=1S/C24H38O6/c1-20(2)10-8-11-22(5)14-9-12-23(6,15-13-26-21(3,4)29-15)30-24(14,7)18-16(17(20)22)27-19(25)28-18/h14-18H,8-13H2,1-7H3/t14-,15-,16+,17-,18+,22-,23-,24+/m1/s1. The molecule has 0 aromatic heterocycles. The van der Waals surface area contributed by atoms with Gasteiger partial charge in [-0.1, -0.05) is 27.2 Å². The van der Waals surface area contributed by atoms with E-state index in [9.17, 15) is 4.79 Å². The van der Waals surface area contributed by atoms with Gasteiger partial charge >= 0.3 is 6.16 Å². The van der Waals surface area contributed by atoms with E-state index in [4.69, 9.17) is 23.7 Å². The molecular formula is C24H38O6. The smallest absolute Gasteiger partial charge is 0.427 e. The van der Waals surface area contributed by atoms with E-state index in [1.54, 1.807) is 0 Å². The van der Waals surface area contributed by atoms with E-state index < -0.39 is 23.1 Å². The molecule has 0 aromatic carbocycles. The van der Waals surface area contributed by atoms with E-state index >= 15 is 0 Å². The zero-order valence-corrected chi connectivity index (χ0v) is 19.6. The molecule has 0 N–H and O–H groups in total. The Labute approximate surface area is 180 Å². The third-order valence-corrected chi connectivity index (χ3v) is 9.30. The van der Waals surface area contributed by atoms with Crippen LogP contribution in [0.15, 0.2) is 0 Å². The number of hydrogen-bond donors (Lipinski definition) is 0. The summed E-state index contributed by atoms with van der Waals surface area (Å²) in [4.78, 5) is 12.4. The van der Waals surface area contributed by atoms with E-state index in [0.29, 0.717) is 12.5 Å². The van der Waals surface area contributed by atoms with Crippen molar-refractivity contribution in [2.24, 2.45) is 22.7 Å². The molecule has 0 radical (unpaired) electrons. The molecule has 2 saturated carbocycles. The van der Waals surface area contributed by atoms with Gasteiger partial charge in [-0.25, -0.2) is 4.79 Å². The van der Waals surface area contributed by atoms with Crippen molar-refractivity contribution >= 4 is 6.16 Å². The fraction of sp³-hybridized carbons (Fsp3) is 0.958.